The molecule has 0 aliphatic carbocycles. The molecule has 3 rings (SSSR count). The topological polar surface area (TPSA) is 77.1 Å². The molecule has 2 unspecified atom stereocenters. The molecule has 7 heteroatoms. The summed E-state index contributed by atoms with van der Waals surface area (Å²) < 4.78 is 16.2. The van der Waals surface area contributed by atoms with Gasteiger partial charge in [0.05, 0.1) is 21.3 Å². The van der Waals surface area contributed by atoms with Crippen molar-refractivity contribution in [3.63, 3.8) is 0 Å². The van der Waals surface area contributed by atoms with E-state index < -0.39 is 6.04 Å². The zero-order valence-electron chi connectivity index (χ0n) is 23.6. The van der Waals surface area contributed by atoms with Crippen LogP contribution < -0.4 is 19.5 Å². The summed E-state index contributed by atoms with van der Waals surface area (Å²) in [6, 6.07) is 22.4. The zero-order chi connectivity index (χ0) is 28.2. The number of carbonyl (C=O) groups is 2. The molecule has 39 heavy (non-hydrogen) atoms. The lowest BCUT2D eigenvalue weighted by molar-refractivity contribution is -0.141. The number of hydrogen-bond donors (Lipinski definition) is 1. The minimum atomic E-state index is -0.675. The molecule has 3 aromatic carbocycles. The minimum absolute atomic E-state index is 0.00342. The van der Waals surface area contributed by atoms with Gasteiger partial charge < -0.3 is 24.4 Å². The fourth-order valence-corrected chi connectivity index (χ4v) is 4.39. The Labute approximate surface area is 232 Å². The van der Waals surface area contributed by atoms with Crippen molar-refractivity contribution in [2.24, 2.45) is 0 Å². The molecule has 2 amide bonds. The van der Waals surface area contributed by atoms with Crippen molar-refractivity contribution in [2.45, 2.75) is 58.2 Å². The maximum Gasteiger partial charge on any atom is 0.243 e. The summed E-state index contributed by atoms with van der Waals surface area (Å²) >= 11 is 0. The molecule has 0 bridgehead atoms. The molecule has 0 aromatic heterocycles. The van der Waals surface area contributed by atoms with E-state index in [9.17, 15) is 9.59 Å². The number of nitrogens with one attached hydrogen (secondary N) is 1. The van der Waals surface area contributed by atoms with Crippen LogP contribution in [0.3, 0.4) is 0 Å². The Morgan fingerprint density at radius 2 is 1.54 bits per heavy atom. The van der Waals surface area contributed by atoms with Crippen molar-refractivity contribution in [3.05, 3.63) is 89.5 Å². The van der Waals surface area contributed by atoms with E-state index in [1.54, 1.807) is 26.2 Å². The Morgan fingerprint density at radius 1 is 0.821 bits per heavy atom. The second kappa shape index (κ2) is 14.8. The summed E-state index contributed by atoms with van der Waals surface area (Å²) in [6.07, 6.45) is 1.95. The van der Waals surface area contributed by atoms with Gasteiger partial charge in [0.2, 0.25) is 11.8 Å². The van der Waals surface area contributed by atoms with Gasteiger partial charge in [-0.1, -0.05) is 55.5 Å². The molecule has 1 N–H and O–H groups in total. The van der Waals surface area contributed by atoms with Crippen molar-refractivity contribution >= 4 is 11.8 Å². The van der Waals surface area contributed by atoms with E-state index in [2.05, 4.69) is 5.32 Å². The third kappa shape index (κ3) is 8.50. The number of nitrogens with zero attached hydrogens (tertiary/aromatic N) is 1. The summed E-state index contributed by atoms with van der Waals surface area (Å²) in [7, 11) is 4.80. The van der Waals surface area contributed by atoms with Crippen molar-refractivity contribution in [1.29, 1.82) is 0 Å². The number of ether oxygens (including phenoxy) is 3. The normalized spacial score (nSPS) is 12.2. The van der Waals surface area contributed by atoms with Gasteiger partial charge in [-0.3, -0.25) is 9.59 Å². The molecule has 2 atom stereocenters. The molecule has 7 nitrogen and oxygen atoms in total. The average Bonchev–Trinajstić information content (AvgIpc) is 2.97. The summed E-state index contributed by atoms with van der Waals surface area (Å²) in [6.45, 7) is 4.29. The van der Waals surface area contributed by atoms with Gasteiger partial charge in [-0.25, -0.2) is 0 Å². The van der Waals surface area contributed by atoms with Gasteiger partial charge in [-0.05, 0) is 60.7 Å². The highest BCUT2D eigenvalue weighted by Gasteiger charge is 2.31. The second-order valence-electron chi connectivity index (χ2n) is 9.59. The van der Waals surface area contributed by atoms with Crippen LogP contribution in [0.4, 0.5) is 0 Å². The lowest BCUT2D eigenvalue weighted by Crippen LogP contribution is -2.52. The molecule has 0 fully saturated rings. The molecule has 208 valence electrons. The third-order valence-corrected chi connectivity index (χ3v) is 6.83. The molecule has 0 aliphatic rings. The van der Waals surface area contributed by atoms with E-state index in [1.807, 2.05) is 86.6 Å². The van der Waals surface area contributed by atoms with Crippen LogP contribution >= 0.6 is 0 Å². The van der Waals surface area contributed by atoms with Crippen LogP contribution in [0, 0.1) is 0 Å². The first-order valence-electron chi connectivity index (χ1n) is 13.4. The van der Waals surface area contributed by atoms with E-state index in [4.69, 9.17) is 14.2 Å². The van der Waals surface area contributed by atoms with Gasteiger partial charge in [-0.2, -0.15) is 0 Å². The van der Waals surface area contributed by atoms with E-state index in [0.717, 1.165) is 23.1 Å². The van der Waals surface area contributed by atoms with Gasteiger partial charge in [0, 0.05) is 25.4 Å². The van der Waals surface area contributed by atoms with Crippen LogP contribution in [-0.4, -0.2) is 50.1 Å². The molecular weight excluding hydrogens is 492 g/mol. The Hall–Kier alpha value is -4.00. The fraction of sp³-hybridized carbons (Fsp3) is 0.375. The van der Waals surface area contributed by atoms with Crippen molar-refractivity contribution < 1.29 is 23.8 Å². The second-order valence-corrected chi connectivity index (χ2v) is 9.59. The predicted octanol–water partition coefficient (Wildman–Crippen LogP) is 5.20. The number of rotatable bonds is 14. The number of amides is 2. The number of carbonyl (C=O) groups excluding carboxylic acids is 2. The highest BCUT2D eigenvalue weighted by molar-refractivity contribution is 5.88. The van der Waals surface area contributed by atoms with Crippen molar-refractivity contribution in [3.8, 4) is 17.2 Å². The van der Waals surface area contributed by atoms with Gasteiger partial charge >= 0.3 is 0 Å². The molecule has 0 saturated carbocycles. The first kappa shape index (κ1) is 29.6. The summed E-state index contributed by atoms with van der Waals surface area (Å²) in [5, 5.41) is 3.11. The fourth-order valence-electron chi connectivity index (χ4n) is 4.39. The lowest BCUT2D eigenvalue weighted by atomic mass is 10.0. The largest absolute Gasteiger partial charge is 0.497 e. The Balaban J connectivity index is 1.93. The lowest BCUT2D eigenvalue weighted by Gasteiger charge is -2.32. The molecule has 0 radical (unpaired) electrons. The average molecular weight is 533 g/mol. The smallest absolute Gasteiger partial charge is 0.243 e. The molecular formula is C32H40N2O5. The van der Waals surface area contributed by atoms with Crippen LogP contribution in [0.5, 0.6) is 17.2 Å². The maximum absolute atomic E-state index is 13.9. The first-order valence-corrected chi connectivity index (χ1v) is 13.4. The third-order valence-electron chi connectivity index (χ3n) is 6.83. The van der Waals surface area contributed by atoms with Crippen LogP contribution in [-0.2, 0) is 29.0 Å². The maximum atomic E-state index is 13.9. The van der Waals surface area contributed by atoms with Crippen LogP contribution in [0.15, 0.2) is 72.8 Å². The first-order chi connectivity index (χ1) is 18.9. The number of hydrogen-bond acceptors (Lipinski definition) is 5. The SMILES string of the molecule is CCC(C)NC(=O)C(Cc1ccccc1)N(Cc1cccc(OC)c1)C(=O)CCc1ccc(OC)c(OC)c1. The molecule has 0 saturated heterocycles. The quantitative estimate of drug-likeness (QED) is 0.309. The van der Waals surface area contributed by atoms with Gasteiger partial charge in [0.1, 0.15) is 11.8 Å². The monoisotopic (exact) mass is 532 g/mol. The summed E-state index contributed by atoms with van der Waals surface area (Å²) in [4.78, 5) is 29.3. The number of methoxy groups -OCH3 is 3. The number of benzene rings is 3. The van der Waals surface area contributed by atoms with Gasteiger partial charge in [0.15, 0.2) is 11.5 Å². The van der Waals surface area contributed by atoms with Crippen LogP contribution in [0.25, 0.3) is 0 Å². The van der Waals surface area contributed by atoms with E-state index >= 15 is 0 Å². The highest BCUT2D eigenvalue weighted by Crippen LogP contribution is 2.28. The molecule has 0 spiro atoms. The zero-order valence-corrected chi connectivity index (χ0v) is 23.6. The molecule has 0 aliphatic heterocycles. The number of aryl methyl sites for hydroxylation is 1. The van der Waals surface area contributed by atoms with Crippen LogP contribution in [0.2, 0.25) is 0 Å². The van der Waals surface area contributed by atoms with E-state index in [-0.39, 0.29) is 30.8 Å². The predicted molar refractivity (Wildman–Crippen MR) is 153 cm³/mol. The standard InChI is InChI=1S/C32H40N2O5/c1-6-23(2)33-32(36)28(20-24-11-8-7-9-12-24)34(22-26-13-10-14-27(19-26)37-3)31(35)18-16-25-15-17-29(38-4)30(21-25)39-5/h7-15,17,19,21,23,28H,6,16,18,20,22H2,1-5H3,(H,33,36). The van der Waals surface area contributed by atoms with Crippen LogP contribution in [0.1, 0.15) is 43.4 Å². The minimum Gasteiger partial charge on any atom is -0.497 e. The molecule has 0 heterocycles. The van der Waals surface area contributed by atoms with E-state index in [1.165, 1.54) is 0 Å². The highest BCUT2D eigenvalue weighted by atomic mass is 16.5. The van der Waals surface area contributed by atoms with Gasteiger partial charge in [0.25, 0.3) is 0 Å². The Kier molecular flexibility index (Phi) is 11.2. The molecule has 3 aromatic rings. The Bertz CT molecular complexity index is 1210. The van der Waals surface area contributed by atoms with Gasteiger partial charge in [-0.15, -0.1) is 0 Å². The summed E-state index contributed by atoms with van der Waals surface area (Å²) in [5.41, 5.74) is 2.83. The van der Waals surface area contributed by atoms with Crippen molar-refractivity contribution in [1.82, 2.24) is 10.2 Å². The Morgan fingerprint density at radius 3 is 2.21 bits per heavy atom. The van der Waals surface area contributed by atoms with Crippen molar-refractivity contribution in [2.75, 3.05) is 21.3 Å². The summed E-state index contributed by atoms with van der Waals surface area (Å²) in [5.74, 6) is 1.69. The van der Waals surface area contributed by atoms with E-state index in [0.29, 0.717) is 30.1 Å².